The summed E-state index contributed by atoms with van der Waals surface area (Å²) in [5.74, 6) is -3.41. The van der Waals surface area contributed by atoms with Crippen molar-refractivity contribution in [1.29, 1.82) is 0 Å². The number of hydrogen-bond donors (Lipinski definition) is 1. The molecule has 0 amide bonds. The fraction of sp³-hybridized carbons (Fsp3) is 0.143. The fourth-order valence-electron chi connectivity index (χ4n) is 3.12. The zero-order valence-electron chi connectivity index (χ0n) is 16.7. The van der Waals surface area contributed by atoms with Crippen LogP contribution in [0, 0.1) is 31.3 Å². The van der Waals surface area contributed by atoms with Crippen LogP contribution in [0.25, 0.3) is 28.7 Å². The van der Waals surface area contributed by atoms with Gasteiger partial charge in [-0.1, -0.05) is 0 Å². The Morgan fingerprint density at radius 1 is 0.968 bits per heavy atom. The van der Waals surface area contributed by atoms with E-state index in [4.69, 9.17) is 4.42 Å². The van der Waals surface area contributed by atoms with E-state index in [1.165, 1.54) is 13.1 Å². The van der Waals surface area contributed by atoms with E-state index in [-0.39, 0.29) is 28.9 Å². The Bertz CT molecular complexity index is 1340. The van der Waals surface area contributed by atoms with Gasteiger partial charge >= 0.3 is 5.69 Å². The number of anilines is 1. The third-order valence-corrected chi connectivity index (χ3v) is 4.46. The van der Waals surface area contributed by atoms with Crippen molar-refractivity contribution >= 4 is 5.82 Å². The molecular formula is C21H16F3N5O2. The predicted octanol–water partition coefficient (Wildman–Crippen LogP) is 4.03. The standard InChI is InChI=1S/C21H16F3N5O2/c1-10-6-11(2)26-16(7-10)20-28-19(29-9-15(24)18(25-3)27-21(29)30)17(31-20)12-4-5-13(22)14(23)8-12/h4-9H,1-3H3,(H,25,27,30). The number of rotatable bonds is 4. The average Bonchev–Trinajstić information content (AvgIpc) is 3.16. The number of aryl methyl sites for hydroxylation is 2. The van der Waals surface area contributed by atoms with Crippen molar-refractivity contribution in [2.24, 2.45) is 0 Å². The third-order valence-electron chi connectivity index (χ3n) is 4.46. The molecule has 4 aromatic rings. The normalized spacial score (nSPS) is 11.0. The molecule has 0 fully saturated rings. The van der Waals surface area contributed by atoms with Gasteiger partial charge in [0.2, 0.25) is 5.89 Å². The van der Waals surface area contributed by atoms with Crippen LogP contribution in [0.3, 0.4) is 0 Å². The summed E-state index contributed by atoms with van der Waals surface area (Å²) in [5.41, 5.74) is 1.21. The van der Waals surface area contributed by atoms with Crippen molar-refractivity contribution in [3.05, 3.63) is 75.7 Å². The molecule has 31 heavy (non-hydrogen) atoms. The van der Waals surface area contributed by atoms with Gasteiger partial charge in [0.05, 0.1) is 6.20 Å². The highest BCUT2D eigenvalue weighted by Gasteiger charge is 2.22. The summed E-state index contributed by atoms with van der Waals surface area (Å²) >= 11 is 0. The molecular weight excluding hydrogens is 411 g/mol. The smallest absolute Gasteiger partial charge is 0.355 e. The fourth-order valence-corrected chi connectivity index (χ4v) is 3.12. The molecule has 0 spiro atoms. The van der Waals surface area contributed by atoms with E-state index in [1.54, 1.807) is 13.0 Å². The van der Waals surface area contributed by atoms with Gasteiger partial charge in [-0.25, -0.2) is 27.5 Å². The molecule has 0 saturated carbocycles. The molecule has 1 aromatic carbocycles. The summed E-state index contributed by atoms with van der Waals surface area (Å²) in [6.45, 7) is 3.65. The molecule has 158 valence electrons. The highest BCUT2D eigenvalue weighted by atomic mass is 19.2. The molecule has 7 nitrogen and oxygen atoms in total. The van der Waals surface area contributed by atoms with Crippen LogP contribution in [0.5, 0.6) is 0 Å². The van der Waals surface area contributed by atoms with Crippen LogP contribution in [0.15, 0.2) is 45.7 Å². The summed E-state index contributed by atoms with van der Waals surface area (Å²) < 4.78 is 48.3. The van der Waals surface area contributed by atoms with E-state index in [0.717, 1.165) is 28.5 Å². The monoisotopic (exact) mass is 427 g/mol. The lowest BCUT2D eigenvalue weighted by atomic mass is 10.1. The van der Waals surface area contributed by atoms with Crippen molar-refractivity contribution < 1.29 is 17.6 Å². The van der Waals surface area contributed by atoms with Crippen LogP contribution in [-0.4, -0.2) is 26.6 Å². The van der Waals surface area contributed by atoms with Gasteiger partial charge in [0.1, 0.15) is 5.69 Å². The number of oxazole rings is 1. The summed E-state index contributed by atoms with van der Waals surface area (Å²) in [5, 5.41) is 2.47. The van der Waals surface area contributed by atoms with Crippen LogP contribution in [0.1, 0.15) is 11.3 Å². The average molecular weight is 427 g/mol. The van der Waals surface area contributed by atoms with Crippen molar-refractivity contribution in [2.45, 2.75) is 13.8 Å². The number of hydrogen-bond acceptors (Lipinski definition) is 6. The minimum Gasteiger partial charge on any atom is -0.432 e. The van der Waals surface area contributed by atoms with Gasteiger partial charge < -0.3 is 9.73 Å². The Morgan fingerprint density at radius 3 is 2.42 bits per heavy atom. The van der Waals surface area contributed by atoms with Gasteiger partial charge in [-0.05, 0) is 49.7 Å². The Kier molecular flexibility index (Phi) is 5.05. The Hall–Kier alpha value is -3.95. The van der Waals surface area contributed by atoms with Crippen LogP contribution in [0.4, 0.5) is 19.0 Å². The number of benzene rings is 1. The van der Waals surface area contributed by atoms with Crippen molar-refractivity contribution in [3.63, 3.8) is 0 Å². The lowest BCUT2D eigenvalue weighted by Gasteiger charge is -2.06. The second-order valence-electron chi connectivity index (χ2n) is 6.81. The number of pyridine rings is 1. The van der Waals surface area contributed by atoms with Gasteiger partial charge in [0, 0.05) is 18.3 Å². The Labute approximate surface area is 174 Å². The van der Waals surface area contributed by atoms with E-state index in [9.17, 15) is 18.0 Å². The van der Waals surface area contributed by atoms with Gasteiger partial charge in [0.15, 0.2) is 34.8 Å². The number of halogens is 3. The molecule has 0 radical (unpaired) electrons. The van der Waals surface area contributed by atoms with Crippen molar-refractivity contribution in [1.82, 2.24) is 19.5 Å². The van der Waals surface area contributed by atoms with Gasteiger partial charge in [-0.2, -0.15) is 9.97 Å². The third kappa shape index (κ3) is 3.79. The second kappa shape index (κ2) is 7.71. The second-order valence-corrected chi connectivity index (χ2v) is 6.81. The molecule has 0 saturated heterocycles. The molecule has 0 aliphatic carbocycles. The zero-order valence-corrected chi connectivity index (χ0v) is 16.7. The molecule has 1 N–H and O–H groups in total. The molecule has 4 rings (SSSR count). The van der Waals surface area contributed by atoms with Crippen LogP contribution in [0.2, 0.25) is 0 Å². The maximum absolute atomic E-state index is 14.3. The SMILES string of the molecule is CNc1nc(=O)n(-c2nc(-c3cc(C)cc(C)n3)oc2-c2ccc(F)c(F)c2)cc1F. The number of nitrogens with one attached hydrogen (secondary N) is 1. The maximum atomic E-state index is 14.3. The first-order chi connectivity index (χ1) is 14.8. The Morgan fingerprint density at radius 2 is 1.74 bits per heavy atom. The molecule has 0 aliphatic heterocycles. The van der Waals surface area contributed by atoms with Crippen LogP contribution in [-0.2, 0) is 0 Å². The molecule has 0 bridgehead atoms. The molecule has 0 unspecified atom stereocenters. The molecule has 3 heterocycles. The first-order valence-corrected chi connectivity index (χ1v) is 9.16. The van der Waals surface area contributed by atoms with Crippen molar-refractivity contribution in [2.75, 3.05) is 12.4 Å². The largest absolute Gasteiger partial charge is 0.432 e. The highest BCUT2D eigenvalue weighted by Crippen LogP contribution is 2.32. The lowest BCUT2D eigenvalue weighted by molar-refractivity contribution is 0.508. The number of nitrogens with zero attached hydrogens (tertiary/aromatic N) is 4. The van der Waals surface area contributed by atoms with Crippen LogP contribution < -0.4 is 11.0 Å². The predicted molar refractivity (Wildman–Crippen MR) is 107 cm³/mol. The minimum atomic E-state index is -1.12. The topological polar surface area (TPSA) is 85.8 Å². The Balaban J connectivity index is 1.99. The minimum absolute atomic E-state index is 0.0199. The van der Waals surface area contributed by atoms with E-state index >= 15 is 0 Å². The molecule has 0 aliphatic rings. The lowest BCUT2D eigenvalue weighted by Crippen LogP contribution is -2.23. The first-order valence-electron chi connectivity index (χ1n) is 9.16. The van der Waals surface area contributed by atoms with Gasteiger partial charge in [-0.15, -0.1) is 0 Å². The highest BCUT2D eigenvalue weighted by molar-refractivity contribution is 5.68. The summed E-state index contributed by atoms with van der Waals surface area (Å²) in [6.07, 6.45) is 0.890. The summed E-state index contributed by atoms with van der Waals surface area (Å²) in [7, 11) is 1.42. The first kappa shape index (κ1) is 20.3. The van der Waals surface area contributed by atoms with E-state index in [0.29, 0.717) is 11.4 Å². The molecule has 0 atom stereocenters. The van der Waals surface area contributed by atoms with E-state index in [2.05, 4.69) is 20.3 Å². The van der Waals surface area contributed by atoms with Crippen molar-refractivity contribution in [3.8, 4) is 28.7 Å². The van der Waals surface area contributed by atoms with E-state index < -0.39 is 23.1 Å². The quantitative estimate of drug-likeness (QED) is 0.529. The summed E-state index contributed by atoms with van der Waals surface area (Å²) in [6, 6.07) is 6.64. The van der Waals surface area contributed by atoms with Gasteiger partial charge in [0.25, 0.3) is 0 Å². The van der Waals surface area contributed by atoms with E-state index in [1.807, 2.05) is 13.0 Å². The maximum Gasteiger partial charge on any atom is 0.355 e. The van der Waals surface area contributed by atoms with Crippen LogP contribution >= 0.6 is 0 Å². The zero-order chi connectivity index (χ0) is 22.3. The van der Waals surface area contributed by atoms with Gasteiger partial charge in [-0.3, -0.25) is 0 Å². The molecule has 10 heteroatoms. The number of aromatic nitrogens is 4. The summed E-state index contributed by atoms with van der Waals surface area (Å²) in [4.78, 5) is 24.8. The molecule has 3 aromatic heterocycles.